The zero-order valence-corrected chi connectivity index (χ0v) is 7.71. The van der Waals surface area contributed by atoms with Crippen molar-refractivity contribution in [3.05, 3.63) is 23.7 Å². The Kier molecular flexibility index (Phi) is 1.65. The summed E-state index contributed by atoms with van der Waals surface area (Å²) in [5, 5.41) is 0.561. The second kappa shape index (κ2) is 2.53. The van der Waals surface area contributed by atoms with E-state index >= 15 is 0 Å². The van der Waals surface area contributed by atoms with Crippen LogP contribution in [0, 0.1) is 0 Å². The van der Waals surface area contributed by atoms with Gasteiger partial charge in [-0.2, -0.15) is 0 Å². The smallest absolute Gasteiger partial charge is 0.303 e. The van der Waals surface area contributed by atoms with E-state index in [4.69, 9.17) is 16.3 Å². The van der Waals surface area contributed by atoms with Crippen molar-refractivity contribution >= 4 is 27.5 Å². The van der Waals surface area contributed by atoms with Gasteiger partial charge in [-0.15, -0.1) is 0 Å². The standard InChI is InChI=1S/C6H4BrClN2O/c7-4-1-2-11-6-9-3-5(8)10(4)6/h1-4H. The van der Waals surface area contributed by atoms with Gasteiger partial charge in [0.05, 0.1) is 12.5 Å². The third kappa shape index (κ3) is 1.06. The van der Waals surface area contributed by atoms with Crippen molar-refractivity contribution in [3.8, 4) is 6.01 Å². The van der Waals surface area contributed by atoms with Gasteiger partial charge in [0, 0.05) is 0 Å². The summed E-state index contributed by atoms with van der Waals surface area (Å²) in [5.74, 6) is 0. The van der Waals surface area contributed by atoms with E-state index in [1.165, 1.54) is 0 Å². The summed E-state index contributed by atoms with van der Waals surface area (Å²) in [6.45, 7) is 0. The van der Waals surface area contributed by atoms with Gasteiger partial charge in [-0.3, -0.25) is 4.57 Å². The molecule has 0 spiro atoms. The Balaban J connectivity index is 2.54. The highest BCUT2D eigenvalue weighted by Crippen LogP contribution is 2.31. The zero-order valence-electron chi connectivity index (χ0n) is 5.37. The van der Waals surface area contributed by atoms with Crippen molar-refractivity contribution in [1.29, 1.82) is 0 Å². The molecule has 0 aliphatic carbocycles. The molecule has 1 aliphatic rings. The van der Waals surface area contributed by atoms with Crippen molar-refractivity contribution in [1.82, 2.24) is 9.55 Å². The molecule has 1 atom stereocenters. The lowest BCUT2D eigenvalue weighted by Crippen LogP contribution is -2.06. The quantitative estimate of drug-likeness (QED) is 0.645. The van der Waals surface area contributed by atoms with E-state index < -0.39 is 0 Å². The number of rotatable bonds is 0. The van der Waals surface area contributed by atoms with Gasteiger partial charge < -0.3 is 4.74 Å². The molecule has 0 amide bonds. The van der Waals surface area contributed by atoms with Crippen LogP contribution in [0.4, 0.5) is 0 Å². The number of hydrogen-bond donors (Lipinski definition) is 0. The summed E-state index contributed by atoms with van der Waals surface area (Å²) in [7, 11) is 0. The van der Waals surface area contributed by atoms with Crippen LogP contribution in [0.2, 0.25) is 5.15 Å². The van der Waals surface area contributed by atoms with Gasteiger partial charge in [-0.05, 0) is 6.08 Å². The van der Waals surface area contributed by atoms with E-state index in [9.17, 15) is 0 Å². The first kappa shape index (κ1) is 7.18. The van der Waals surface area contributed by atoms with E-state index in [2.05, 4.69) is 20.9 Å². The lowest BCUT2D eigenvalue weighted by Gasteiger charge is -2.14. The first-order valence-corrected chi connectivity index (χ1v) is 4.28. The number of ether oxygens (including phenoxy) is 1. The SMILES string of the molecule is Clc1cnc2n1C(Br)C=CO2. The summed E-state index contributed by atoms with van der Waals surface area (Å²) in [4.78, 5) is 3.98. The van der Waals surface area contributed by atoms with Crippen molar-refractivity contribution < 1.29 is 4.74 Å². The highest BCUT2D eigenvalue weighted by atomic mass is 79.9. The van der Waals surface area contributed by atoms with Crippen LogP contribution in [0.5, 0.6) is 6.01 Å². The van der Waals surface area contributed by atoms with Crippen LogP contribution in [0.3, 0.4) is 0 Å². The fourth-order valence-corrected chi connectivity index (χ4v) is 1.75. The fourth-order valence-electron chi connectivity index (χ4n) is 0.886. The van der Waals surface area contributed by atoms with Crippen molar-refractivity contribution in [2.24, 2.45) is 0 Å². The summed E-state index contributed by atoms with van der Waals surface area (Å²) >= 11 is 9.20. The van der Waals surface area contributed by atoms with E-state index in [1.54, 1.807) is 17.0 Å². The zero-order chi connectivity index (χ0) is 7.84. The summed E-state index contributed by atoms with van der Waals surface area (Å²) in [5.41, 5.74) is 0. The largest absolute Gasteiger partial charge is 0.434 e. The molecule has 58 valence electrons. The van der Waals surface area contributed by atoms with Gasteiger partial charge in [0.2, 0.25) is 0 Å². The predicted molar refractivity (Wildman–Crippen MR) is 45.0 cm³/mol. The molecule has 2 rings (SSSR count). The first-order chi connectivity index (χ1) is 5.29. The van der Waals surface area contributed by atoms with Crippen molar-refractivity contribution in [3.63, 3.8) is 0 Å². The second-order valence-electron chi connectivity index (χ2n) is 2.05. The van der Waals surface area contributed by atoms with Gasteiger partial charge in [0.15, 0.2) is 0 Å². The minimum atomic E-state index is 0.0428. The number of halogens is 2. The Labute approximate surface area is 76.8 Å². The van der Waals surface area contributed by atoms with Gasteiger partial charge in [-0.25, -0.2) is 4.98 Å². The number of allylic oxidation sites excluding steroid dienone is 1. The highest BCUT2D eigenvalue weighted by molar-refractivity contribution is 9.09. The molecule has 11 heavy (non-hydrogen) atoms. The maximum Gasteiger partial charge on any atom is 0.303 e. The predicted octanol–water partition coefficient (Wildman–Crippen LogP) is 2.34. The molecule has 0 N–H and O–H groups in total. The number of alkyl halides is 1. The molecule has 0 saturated heterocycles. The maximum atomic E-state index is 5.81. The van der Waals surface area contributed by atoms with E-state index in [0.717, 1.165) is 0 Å². The third-order valence-corrected chi connectivity index (χ3v) is 2.37. The Morgan fingerprint density at radius 3 is 3.27 bits per heavy atom. The minimum Gasteiger partial charge on any atom is -0.434 e. The lowest BCUT2D eigenvalue weighted by molar-refractivity contribution is 0.395. The van der Waals surface area contributed by atoms with Crippen LogP contribution >= 0.6 is 27.5 Å². The maximum absolute atomic E-state index is 5.81. The molecule has 1 aromatic heterocycles. The molecule has 0 bridgehead atoms. The van der Waals surface area contributed by atoms with Gasteiger partial charge in [0.1, 0.15) is 10.1 Å². The minimum absolute atomic E-state index is 0.0428. The van der Waals surface area contributed by atoms with E-state index in [0.29, 0.717) is 11.2 Å². The Bertz CT molecular complexity index is 310. The molecule has 1 aromatic rings. The van der Waals surface area contributed by atoms with E-state index in [-0.39, 0.29) is 4.95 Å². The summed E-state index contributed by atoms with van der Waals surface area (Å²) in [6, 6.07) is 0.513. The molecule has 0 radical (unpaired) electrons. The molecule has 2 heterocycles. The van der Waals surface area contributed by atoms with E-state index in [1.807, 2.05) is 6.08 Å². The fraction of sp³-hybridized carbons (Fsp3) is 0.167. The summed E-state index contributed by atoms with van der Waals surface area (Å²) in [6.07, 6.45) is 4.97. The molecule has 1 aliphatic heterocycles. The van der Waals surface area contributed by atoms with Gasteiger partial charge in [0.25, 0.3) is 0 Å². The normalized spacial score (nSPS) is 21.1. The lowest BCUT2D eigenvalue weighted by atomic mass is 10.5. The number of imidazole rings is 1. The molecule has 5 heteroatoms. The van der Waals surface area contributed by atoms with Crippen LogP contribution in [-0.2, 0) is 0 Å². The van der Waals surface area contributed by atoms with Crippen LogP contribution < -0.4 is 4.74 Å². The van der Waals surface area contributed by atoms with Crippen LogP contribution in [0.25, 0.3) is 0 Å². The van der Waals surface area contributed by atoms with Crippen LogP contribution in [-0.4, -0.2) is 9.55 Å². The van der Waals surface area contributed by atoms with Crippen LogP contribution in [0.1, 0.15) is 4.95 Å². The summed E-state index contributed by atoms with van der Waals surface area (Å²) < 4.78 is 6.81. The first-order valence-electron chi connectivity index (χ1n) is 2.99. The second-order valence-corrected chi connectivity index (χ2v) is 3.38. The average molecular weight is 235 g/mol. The molecular formula is C6H4BrClN2O. The molecule has 0 fully saturated rings. The van der Waals surface area contributed by atoms with Gasteiger partial charge in [-0.1, -0.05) is 27.5 Å². The number of fused-ring (bicyclic) bond motifs is 1. The average Bonchev–Trinajstić information content (AvgIpc) is 2.34. The molecule has 0 saturated carbocycles. The highest BCUT2D eigenvalue weighted by Gasteiger charge is 2.17. The number of aromatic nitrogens is 2. The third-order valence-electron chi connectivity index (χ3n) is 1.38. The van der Waals surface area contributed by atoms with Gasteiger partial charge >= 0.3 is 6.01 Å². The Morgan fingerprint density at radius 2 is 2.55 bits per heavy atom. The van der Waals surface area contributed by atoms with Crippen molar-refractivity contribution in [2.75, 3.05) is 0 Å². The van der Waals surface area contributed by atoms with Crippen LogP contribution in [0.15, 0.2) is 18.5 Å². The monoisotopic (exact) mass is 234 g/mol. The van der Waals surface area contributed by atoms with Crippen molar-refractivity contribution in [2.45, 2.75) is 4.95 Å². The molecule has 1 unspecified atom stereocenters. The molecule has 3 nitrogen and oxygen atoms in total. The topological polar surface area (TPSA) is 27.1 Å². The number of nitrogens with zero attached hydrogens (tertiary/aromatic N) is 2. The Hall–Kier alpha value is -0.480. The Morgan fingerprint density at radius 1 is 1.73 bits per heavy atom. The molecule has 0 aromatic carbocycles. The molecular weight excluding hydrogens is 231 g/mol. The number of hydrogen-bond acceptors (Lipinski definition) is 2.